The number of carbonyl (C=O) groups is 1. The second-order valence-electron chi connectivity index (χ2n) is 4.42. The number of nitrogens with zero attached hydrogens (tertiary/aromatic N) is 4. The molecule has 0 spiro atoms. The third kappa shape index (κ3) is 3.87. The fourth-order valence-corrected chi connectivity index (χ4v) is 2.22. The van der Waals surface area contributed by atoms with E-state index in [1.165, 1.54) is 0 Å². The zero-order valence-corrected chi connectivity index (χ0v) is 12.6. The van der Waals surface area contributed by atoms with Crippen LogP contribution in [0.2, 0.25) is 0 Å². The molecule has 1 aromatic heterocycles. The maximum Gasteiger partial charge on any atom is 0.225 e. The van der Waals surface area contributed by atoms with Crippen LogP contribution in [0.3, 0.4) is 0 Å². The Morgan fingerprint density at radius 2 is 1.95 bits per heavy atom. The maximum atomic E-state index is 11.9. The fraction of sp³-hybridized carbons (Fsp3) is 0.583. The van der Waals surface area contributed by atoms with Gasteiger partial charge in [0.05, 0.1) is 4.47 Å². The van der Waals surface area contributed by atoms with E-state index in [1.807, 2.05) is 11.9 Å². The van der Waals surface area contributed by atoms with Crippen LogP contribution in [0.1, 0.15) is 6.42 Å². The van der Waals surface area contributed by atoms with Crippen molar-refractivity contribution in [3.8, 4) is 0 Å². The van der Waals surface area contributed by atoms with E-state index in [4.69, 9.17) is 0 Å². The zero-order chi connectivity index (χ0) is 13.7. The highest BCUT2D eigenvalue weighted by Gasteiger charge is 2.21. The van der Waals surface area contributed by atoms with Crippen LogP contribution in [0.5, 0.6) is 0 Å². The Kier molecular flexibility index (Phi) is 5.09. The third-order valence-electron chi connectivity index (χ3n) is 3.11. The van der Waals surface area contributed by atoms with Crippen LogP contribution in [-0.4, -0.2) is 60.5 Å². The molecule has 7 heteroatoms. The predicted molar refractivity (Wildman–Crippen MR) is 77.1 cm³/mol. The Balaban J connectivity index is 1.85. The minimum absolute atomic E-state index is 0.214. The van der Waals surface area contributed by atoms with Crippen LogP contribution in [0.25, 0.3) is 0 Å². The first kappa shape index (κ1) is 14.2. The van der Waals surface area contributed by atoms with Gasteiger partial charge in [0.15, 0.2) is 0 Å². The van der Waals surface area contributed by atoms with E-state index in [9.17, 15) is 4.79 Å². The van der Waals surface area contributed by atoms with Crippen LogP contribution >= 0.6 is 15.9 Å². The van der Waals surface area contributed by atoms with E-state index >= 15 is 0 Å². The average molecular weight is 328 g/mol. The number of halogens is 1. The van der Waals surface area contributed by atoms with Crippen LogP contribution in [0, 0.1) is 0 Å². The monoisotopic (exact) mass is 327 g/mol. The van der Waals surface area contributed by atoms with Gasteiger partial charge in [0.25, 0.3) is 0 Å². The second kappa shape index (κ2) is 6.81. The van der Waals surface area contributed by atoms with Crippen molar-refractivity contribution in [2.24, 2.45) is 0 Å². The molecule has 2 heterocycles. The number of amides is 1. The molecule has 0 aromatic carbocycles. The summed E-state index contributed by atoms with van der Waals surface area (Å²) in [6, 6.07) is 0. The Bertz CT molecular complexity index is 417. The molecule has 1 N–H and O–H groups in total. The summed E-state index contributed by atoms with van der Waals surface area (Å²) in [5.74, 6) is 0.941. The quantitative estimate of drug-likeness (QED) is 0.872. The molecule has 0 unspecified atom stereocenters. The van der Waals surface area contributed by atoms with Crippen LogP contribution in [-0.2, 0) is 4.79 Å². The van der Waals surface area contributed by atoms with E-state index < -0.39 is 0 Å². The highest BCUT2D eigenvalue weighted by Crippen LogP contribution is 2.13. The molecule has 2 rings (SSSR count). The fourth-order valence-electron chi connectivity index (χ4n) is 2.01. The lowest BCUT2D eigenvalue weighted by molar-refractivity contribution is -0.131. The van der Waals surface area contributed by atoms with Gasteiger partial charge in [-0.25, -0.2) is 9.97 Å². The summed E-state index contributed by atoms with van der Waals surface area (Å²) in [5, 5.41) is 3.00. The number of carbonyl (C=O) groups excluding carboxylic acids is 1. The molecular weight excluding hydrogens is 310 g/mol. The van der Waals surface area contributed by atoms with Crippen LogP contribution < -0.4 is 10.2 Å². The Morgan fingerprint density at radius 1 is 1.32 bits per heavy atom. The van der Waals surface area contributed by atoms with Gasteiger partial charge in [-0.15, -0.1) is 0 Å². The van der Waals surface area contributed by atoms with Gasteiger partial charge in [0, 0.05) is 51.5 Å². The lowest BCUT2D eigenvalue weighted by Crippen LogP contribution is -2.49. The standard InChI is InChI=1S/C12H18BrN5O/c1-14-3-2-11(19)17-4-6-18(7-5-17)12-15-8-10(13)9-16-12/h8-9,14H,2-7H2,1H3. The first-order valence-corrected chi connectivity index (χ1v) is 7.15. The molecule has 1 fully saturated rings. The molecule has 0 saturated carbocycles. The number of rotatable bonds is 4. The van der Waals surface area contributed by atoms with Gasteiger partial charge in [-0.2, -0.15) is 0 Å². The minimum atomic E-state index is 0.214. The van der Waals surface area contributed by atoms with Crippen molar-refractivity contribution in [3.05, 3.63) is 16.9 Å². The highest BCUT2D eigenvalue weighted by atomic mass is 79.9. The molecule has 1 aliphatic heterocycles. The lowest BCUT2D eigenvalue weighted by atomic mass is 10.3. The van der Waals surface area contributed by atoms with E-state index in [0.29, 0.717) is 6.42 Å². The van der Waals surface area contributed by atoms with E-state index in [1.54, 1.807) is 12.4 Å². The number of hydrogen-bond donors (Lipinski definition) is 1. The van der Waals surface area contributed by atoms with Crippen molar-refractivity contribution < 1.29 is 4.79 Å². The summed E-state index contributed by atoms with van der Waals surface area (Å²) in [6.45, 7) is 3.78. The Labute approximate surface area is 121 Å². The summed E-state index contributed by atoms with van der Waals surface area (Å²) >= 11 is 3.32. The van der Waals surface area contributed by atoms with Crippen molar-refractivity contribution in [1.82, 2.24) is 20.2 Å². The van der Waals surface area contributed by atoms with Gasteiger partial charge in [0.1, 0.15) is 0 Å². The first-order chi connectivity index (χ1) is 9.20. The third-order valence-corrected chi connectivity index (χ3v) is 3.52. The highest BCUT2D eigenvalue weighted by molar-refractivity contribution is 9.10. The number of anilines is 1. The summed E-state index contributed by atoms with van der Waals surface area (Å²) in [5.41, 5.74) is 0. The molecule has 1 amide bonds. The van der Waals surface area contributed by atoms with Crippen molar-refractivity contribution >= 4 is 27.8 Å². The van der Waals surface area contributed by atoms with Crippen LogP contribution in [0.15, 0.2) is 16.9 Å². The van der Waals surface area contributed by atoms with Gasteiger partial charge in [-0.3, -0.25) is 4.79 Å². The molecule has 0 bridgehead atoms. The molecule has 104 valence electrons. The van der Waals surface area contributed by atoms with Gasteiger partial charge >= 0.3 is 0 Å². The molecule has 0 atom stereocenters. The van der Waals surface area contributed by atoms with Gasteiger partial charge in [0.2, 0.25) is 11.9 Å². The Hall–Kier alpha value is -1.21. The van der Waals surface area contributed by atoms with E-state index in [2.05, 4.69) is 36.1 Å². The predicted octanol–water partition coefficient (Wildman–Crippen LogP) is 0.497. The molecule has 19 heavy (non-hydrogen) atoms. The largest absolute Gasteiger partial charge is 0.339 e. The molecule has 1 saturated heterocycles. The van der Waals surface area contributed by atoms with E-state index in [-0.39, 0.29) is 5.91 Å². The van der Waals surface area contributed by atoms with Crippen molar-refractivity contribution in [2.75, 3.05) is 44.7 Å². The topological polar surface area (TPSA) is 61.4 Å². The van der Waals surface area contributed by atoms with Gasteiger partial charge < -0.3 is 15.1 Å². The maximum absolute atomic E-state index is 11.9. The second-order valence-corrected chi connectivity index (χ2v) is 5.34. The number of nitrogens with one attached hydrogen (secondary N) is 1. The van der Waals surface area contributed by atoms with Crippen molar-refractivity contribution in [3.63, 3.8) is 0 Å². The van der Waals surface area contributed by atoms with Crippen molar-refractivity contribution in [2.45, 2.75) is 6.42 Å². The molecule has 0 aliphatic carbocycles. The summed E-state index contributed by atoms with van der Waals surface area (Å²) in [7, 11) is 1.86. The SMILES string of the molecule is CNCCC(=O)N1CCN(c2ncc(Br)cn2)CC1. The van der Waals surface area contributed by atoms with Gasteiger partial charge in [-0.05, 0) is 23.0 Å². The summed E-state index contributed by atoms with van der Waals surface area (Å²) in [4.78, 5) is 24.4. The smallest absolute Gasteiger partial charge is 0.225 e. The minimum Gasteiger partial charge on any atom is -0.339 e. The lowest BCUT2D eigenvalue weighted by Gasteiger charge is -2.34. The van der Waals surface area contributed by atoms with E-state index in [0.717, 1.165) is 43.1 Å². The van der Waals surface area contributed by atoms with Crippen molar-refractivity contribution in [1.29, 1.82) is 0 Å². The number of aromatic nitrogens is 2. The van der Waals surface area contributed by atoms with Gasteiger partial charge in [-0.1, -0.05) is 0 Å². The van der Waals surface area contributed by atoms with Crippen LogP contribution in [0.4, 0.5) is 5.95 Å². The molecule has 0 radical (unpaired) electrons. The average Bonchev–Trinajstić information content (AvgIpc) is 2.46. The number of hydrogen-bond acceptors (Lipinski definition) is 5. The Morgan fingerprint density at radius 3 is 2.53 bits per heavy atom. The number of piperazine rings is 1. The summed E-state index contributed by atoms with van der Waals surface area (Å²) < 4.78 is 0.872. The molecule has 1 aliphatic rings. The molecule has 6 nitrogen and oxygen atoms in total. The molecular formula is C12H18BrN5O. The summed E-state index contributed by atoms with van der Waals surface area (Å²) in [6.07, 6.45) is 4.05. The normalized spacial score (nSPS) is 15.7. The first-order valence-electron chi connectivity index (χ1n) is 6.35. The zero-order valence-electron chi connectivity index (χ0n) is 11.0. The molecule has 1 aromatic rings.